The lowest BCUT2D eigenvalue weighted by atomic mass is 9.99. The molecule has 0 aliphatic carbocycles. The summed E-state index contributed by atoms with van der Waals surface area (Å²) in [5, 5.41) is 4.05. The number of rotatable bonds is 2. The van der Waals surface area contributed by atoms with Crippen molar-refractivity contribution >= 4 is 0 Å². The highest BCUT2D eigenvalue weighted by Crippen LogP contribution is 2.23. The van der Waals surface area contributed by atoms with Gasteiger partial charge >= 0.3 is 0 Å². The minimum Gasteiger partial charge on any atom is -0.471 e. The molecule has 94 valence electrons. The minimum absolute atomic E-state index is 0.123. The second-order valence-corrected chi connectivity index (χ2v) is 5.45. The van der Waals surface area contributed by atoms with E-state index in [2.05, 4.69) is 30.8 Å². The Morgan fingerprint density at radius 1 is 1.35 bits per heavy atom. The first-order chi connectivity index (χ1) is 7.86. The van der Waals surface area contributed by atoms with E-state index in [-0.39, 0.29) is 17.2 Å². The molecule has 5 heteroatoms. The van der Waals surface area contributed by atoms with Gasteiger partial charge in [-0.1, -0.05) is 0 Å². The molecule has 0 unspecified atom stereocenters. The Labute approximate surface area is 101 Å². The Morgan fingerprint density at radius 3 is 2.53 bits per heavy atom. The van der Waals surface area contributed by atoms with Gasteiger partial charge < -0.3 is 4.74 Å². The average Bonchev–Trinajstić information content (AvgIpc) is 2.14. The number of hydrogen-bond donors (Lipinski definition) is 0. The Bertz CT molecular complexity index is 456. The fraction of sp³-hybridized carbons (Fsp3) is 0.667. The van der Waals surface area contributed by atoms with Crippen molar-refractivity contribution < 1.29 is 4.74 Å². The molecule has 0 bridgehead atoms. The summed E-state index contributed by atoms with van der Waals surface area (Å²) >= 11 is 0. The first-order valence-electron chi connectivity index (χ1n) is 5.82. The summed E-state index contributed by atoms with van der Waals surface area (Å²) in [6.45, 7) is 8.39. The van der Waals surface area contributed by atoms with E-state index in [1.807, 2.05) is 0 Å². The number of ether oxygens (including phenoxy) is 1. The highest BCUT2D eigenvalue weighted by atomic mass is 16.5. The van der Waals surface area contributed by atoms with Gasteiger partial charge in [0.15, 0.2) is 0 Å². The molecule has 2 heterocycles. The maximum atomic E-state index is 11.2. The Kier molecular flexibility index (Phi) is 2.95. The van der Waals surface area contributed by atoms with Crippen molar-refractivity contribution in [2.75, 3.05) is 13.1 Å². The van der Waals surface area contributed by atoms with Crippen LogP contribution in [0, 0.1) is 0 Å². The Morgan fingerprint density at radius 2 is 2.00 bits per heavy atom. The van der Waals surface area contributed by atoms with Crippen LogP contribution in [0.4, 0.5) is 0 Å². The van der Waals surface area contributed by atoms with Crippen LogP contribution in [0.1, 0.15) is 20.8 Å². The van der Waals surface area contributed by atoms with Crippen LogP contribution in [0.5, 0.6) is 5.88 Å². The van der Waals surface area contributed by atoms with Gasteiger partial charge in [-0.15, -0.1) is 5.10 Å². The van der Waals surface area contributed by atoms with Crippen LogP contribution >= 0.6 is 0 Å². The summed E-state index contributed by atoms with van der Waals surface area (Å²) in [4.78, 5) is 13.5. The van der Waals surface area contributed by atoms with Gasteiger partial charge in [0.05, 0.1) is 0 Å². The molecule has 2 rings (SSSR count). The lowest BCUT2D eigenvalue weighted by Crippen LogP contribution is -2.60. The molecule has 17 heavy (non-hydrogen) atoms. The molecule has 1 aliphatic heterocycles. The van der Waals surface area contributed by atoms with Gasteiger partial charge in [-0.25, -0.2) is 4.68 Å². The maximum absolute atomic E-state index is 11.2. The molecular weight excluding hydrogens is 218 g/mol. The Balaban J connectivity index is 1.92. The molecule has 0 saturated carbocycles. The van der Waals surface area contributed by atoms with Crippen LogP contribution in [0.2, 0.25) is 0 Å². The van der Waals surface area contributed by atoms with Crippen LogP contribution < -0.4 is 10.3 Å². The number of likely N-dealkylation sites (tertiary alicyclic amines) is 1. The van der Waals surface area contributed by atoms with Crippen LogP contribution in [-0.4, -0.2) is 39.4 Å². The van der Waals surface area contributed by atoms with E-state index in [9.17, 15) is 4.79 Å². The van der Waals surface area contributed by atoms with E-state index in [0.717, 1.165) is 13.1 Å². The van der Waals surface area contributed by atoms with E-state index in [0.29, 0.717) is 5.88 Å². The van der Waals surface area contributed by atoms with Crippen LogP contribution in [0.15, 0.2) is 16.9 Å². The molecule has 5 nitrogen and oxygen atoms in total. The third kappa shape index (κ3) is 2.66. The molecule has 1 aliphatic rings. The van der Waals surface area contributed by atoms with Gasteiger partial charge in [0.25, 0.3) is 5.56 Å². The second kappa shape index (κ2) is 4.14. The zero-order valence-corrected chi connectivity index (χ0v) is 10.8. The normalized spacial score (nSPS) is 17.9. The molecule has 1 aromatic rings. The zero-order valence-electron chi connectivity index (χ0n) is 10.8. The Hall–Kier alpha value is -1.36. The molecule has 0 aromatic carbocycles. The lowest BCUT2D eigenvalue weighted by molar-refractivity contribution is -0.0374. The predicted molar refractivity (Wildman–Crippen MR) is 65.2 cm³/mol. The molecule has 1 saturated heterocycles. The van der Waals surface area contributed by atoms with Gasteiger partial charge in [0.2, 0.25) is 5.88 Å². The number of aryl methyl sites for hydroxylation is 1. The standard InChI is InChI=1S/C12H19N3O2/c1-12(2,3)15-7-9(8-15)17-10-5-6-11(16)14(4)13-10/h5-6,9H,7-8H2,1-4H3. The lowest BCUT2D eigenvalue weighted by Gasteiger charge is -2.46. The minimum atomic E-state index is -0.123. The van der Waals surface area contributed by atoms with Gasteiger partial charge in [-0.05, 0) is 20.8 Å². The molecule has 1 aromatic heterocycles. The molecular formula is C12H19N3O2. The zero-order chi connectivity index (χ0) is 12.6. The van der Waals surface area contributed by atoms with E-state index in [4.69, 9.17) is 4.74 Å². The summed E-state index contributed by atoms with van der Waals surface area (Å²) in [5.74, 6) is 0.519. The SMILES string of the molecule is Cn1nc(OC2CN(C(C)(C)C)C2)ccc1=O. The van der Waals surface area contributed by atoms with E-state index in [1.165, 1.54) is 10.7 Å². The topological polar surface area (TPSA) is 47.4 Å². The number of hydrogen-bond acceptors (Lipinski definition) is 4. The third-order valence-electron chi connectivity index (χ3n) is 3.02. The molecule has 1 fully saturated rings. The summed E-state index contributed by atoms with van der Waals surface area (Å²) in [6, 6.07) is 3.10. The fourth-order valence-corrected chi connectivity index (χ4v) is 1.77. The van der Waals surface area contributed by atoms with Gasteiger partial charge in [-0.3, -0.25) is 9.69 Å². The second-order valence-electron chi connectivity index (χ2n) is 5.45. The van der Waals surface area contributed by atoms with Crippen LogP contribution in [0.25, 0.3) is 0 Å². The summed E-state index contributed by atoms with van der Waals surface area (Å²) in [5.41, 5.74) is 0.0684. The van der Waals surface area contributed by atoms with Crippen LogP contribution in [-0.2, 0) is 7.05 Å². The first kappa shape index (κ1) is 12.1. The summed E-state index contributed by atoms with van der Waals surface area (Å²) in [6.07, 6.45) is 0.180. The predicted octanol–water partition coefficient (Wildman–Crippen LogP) is 0.642. The molecule has 0 atom stereocenters. The van der Waals surface area contributed by atoms with Gasteiger partial charge in [0.1, 0.15) is 6.10 Å². The first-order valence-corrected chi connectivity index (χ1v) is 5.82. The van der Waals surface area contributed by atoms with E-state index >= 15 is 0 Å². The van der Waals surface area contributed by atoms with Gasteiger partial charge in [-0.2, -0.15) is 0 Å². The third-order valence-corrected chi connectivity index (χ3v) is 3.02. The summed E-state index contributed by atoms with van der Waals surface area (Å²) in [7, 11) is 1.62. The molecule has 0 N–H and O–H groups in total. The van der Waals surface area contributed by atoms with E-state index < -0.39 is 0 Å². The highest BCUT2D eigenvalue weighted by molar-refractivity contribution is 5.08. The monoisotopic (exact) mass is 237 g/mol. The number of nitrogens with zero attached hydrogens (tertiary/aromatic N) is 3. The smallest absolute Gasteiger partial charge is 0.266 e. The molecule has 0 radical (unpaired) electrons. The fourth-order valence-electron chi connectivity index (χ4n) is 1.77. The van der Waals surface area contributed by atoms with Crippen molar-refractivity contribution in [1.82, 2.24) is 14.7 Å². The van der Waals surface area contributed by atoms with Gasteiger partial charge in [0, 0.05) is 37.8 Å². The van der Waals surface area contributed by atoms with Crippen molar-refractivity contribution in [1.29, 1.82) is 0 Å². The maximum Gasteiger partial charge on any atom is 0.266 e. The van der Waals surface area contributed by atoms with Crippen LogP contribution in [0.3, 0.4) is 0 Å². The average molecular weight is 237 g/mol. The molecule has 0 amide bonds. The van der Waals surface area contributed by atoms with Crippen molar-refractivity contribution in [3.63, 3.8) is 0 Å². The van der Waals surface area contributed by atoms with E-state index in [1.54, 1.807) is 13.1 Å². The quantitative estimate of drug-likeness (QED) is 0.757. The van der Waals surface area contributed by atoms with Crippen molar-refractivity contribution in [3.05, 3.63) is 22.5 Å². The highest BCUT2D eigenvalue weighted by Gasteiger charge is 2.35. The van der Waals surface area contributed by atoms with Crippen molar-refractivity contribution in [3.8, 4) is 5.88 Å². The summed E-state index contributed by atoms with van der Waals surface area (Å²) < 4.78 is 6.99. The number of aromatic nitrogens is 2. The van der Waals surface area contributed by atoms with Crippen molar-refractivity contribution in [2.45, 2.75) is 32.4 Å². The largest absolute Gasteiger partial charge is 0.471 e. The molecule has 0 spiro atoms. The van der Waals surface area contributed by atoms with Crippen molar-refractivity contribution in [2.24, 2.45) is 7.05 Å².